The van der Waals surface area contributed by atoms with E-state index >= 15 is 0 Å². The molecule has 2 aromatic carbocycles. The molecule has 1 amide bonds. The Morgan fingerprint density at radius 1 is 1.13 bits per heavy atom. The summed E-state index contributed by atoms with van der Waals surface area (Å²) in [4.78, 5) is 24.6. The van der Waals surface area contributed by atoms with Crippen molar-refractivity contribution in [3.8, 4) is 0 Å². The standard InChI is InChI=1S/C17H14BrN3O2/c1-11-14-4-2-3-5-15(14)17(23)21(20-11)10-16(22)19-13-8-6-12(18)7-9-13/h2-9H,10H2,1H3,(H,19,22). The van der Waals surface area contributed by atoms with Gasteiger partial charge in [0, 0.05) is 15.5 Å². The molecule has 0 radical (unpaired) electrons. The van der Waals surface area contributed by atoms with Crippen LogP contribution in [0.3, 0.4) is 0 Å². The van der Waals surface area contributed by atoms with Gasteiger partial charge in [0.05, 0.1) is 11.1 Å². The van der Waals surface area contributed by atoms with E-state index in [-0.39, 0.29) is 18.0 Å². The number of benzene rings is 2. The maximum atomic E-state index is 12.4. The van der Waals surface area contributed by atoms with Crippen molar-refractivity contribution in [3.05, 3.63) is 69.1 Å². The lowest BCUT2D eigenvalue weighted by atomic mass is 10.1. The number of aromatic nitrogens is 2. The van der Waals surface area contributed by atoms with Crippen molar-refractivity contribution in [2.45, 2.75) is 13.5 Å². The van der Waals surface area contributed by atoms with E-state index in [9.17, 15) is 9.59 Å². The van der Waals surface area contributed by atoms with E-state index in [0.29, 0.717) is 11.1 Å². The molecule has 0 aliphatic rings. The first-order valence-electron chi connectivity index (χ1n) is 7.06. The largest absolute Gasteiger partial charge is 0.324 e. The van der Waals surface area contributed by atoms with E-state index in [1.165, 1.54) is 4.68 Å². The number of amides is 1. The van der Waals surface area contributed by atoms with E-state index in [1.54, 1.807) is 24.3 Å². The average molecular weight is 372 g/mol. The molecule has 0 unspecified atom stereocenters. The van der Waals surface area contributed by atoms with Crippen LogP contribution in [0, 0.1) is 6.92 Å². The fourth-order valence-electron chi connectivity index (χ4n) is 2.38. The summed E-state index contributed by atoms with van der Waals surface area (Å²) in [7, 11) is 0. The Balaban J connectivity index is 1.86. The van der Waals surface area contributed by atoms with Gasteiger partial charge in [-0.1, -0.05) is 34.1 Å². The molecule has 1 heterocycles. The van der Waals surface area contributed by atoms with Gasteiger partial charge in [0.2, 0.25) is 5.91 Å². The number of anilines is 1. The second-order valence-corrected chi connectivity index (χ2v) is 6.06. The molecule has 1 N–H and O–H groups in total. The first kappa shape index (κ1) is 15.4. The third-order valence-electron chi connectivity index (χ3n) is 3.47. The lowest BCUT2D eigenvalue weighted by molar-refractivity contribution is -0.117. The summed E-state index contributed by atoms with van der Waals surface area (Å²) >= 11 is 3.34. The van der Waals surface area contributed by atoms with E-state index in [0.717, 1.165) is 15.6 Å². The van der Waals surface area contributed by atoms with Crippen LogP contribution in [0.5, 0.6) is 0 Å². The zero-order valence-electron chi connectivity index (χ0n) is 12.4. The number of nitrogens with zero attached hydrogens (tertiary/aromatic N) is 2. The zero-order valence-corrected chi connectivity index (χ0v) is 14.0. The zero-order chi connectivity index (χ0) is 16.4. The van der Waals surface area contributed by atoms with Crippen molar-refractivity contribution >= 4 is 38.3 Å². The number of carbonyl (C=O) groups is 1. The molecule has 3 aromatic rings. The molecule has 0 saturated heterocycles. The highest BCUT2D eigenvalue weighted by Gasteiger charge is 2.10. The van der Waals surface area contributed by atoms with Crippen LogP contribution in [0.4, 0.5) is 5.69 Å². The van der Waals surface area contributed by atoms with Crippen molar-refractivity contribution in [3.63, 3.8) is 0 Å². The molecular formula is C17H14BrN3O2. The van der Waals surface area contributed by atoms with Gasteiger partial charge in [-0.15, -0.1) is 0 Å². The second kappa shape index (κ2) is 6.34. The highest BCUT2D eigenvalue weighted by Crippen LogP contribution is 2.14. The van der Waals surface area contributed by atoms with Gasteiger partial charge in [-0.25, -0.2) is 4.68 Å². The van der Waals surface area contributed by atoms with Crippen molar-refractivity contribution in [2.75, 3.05) is 5.32 Å². The van der Waals surface area contributed by atoms with Crippen LogP contribution >= 0.6 is 15.9 Å². The van der Waals surface area contributed by atoms with Gasteiger partial charge in [0.15, 0.2) is 0 Å². The first-order chi connectivity index (χ1) is 11.0. The Morgan fingerprint density at radius 3 is 2.48 bits per heavy atom. The van der Waals surface area contributed by atoms with E-state index in [1.807, 2.05) is 31.2 Å². The van der Waals surface area contributed by atoms with Crippen LogP contribution in [0.15, 0.2) is 57.8 Å². The maximum Gasteiger partial charge on any atom is 0.275 e. The lowest BCUT2D eigenvalue weighted by Crippen LogP contribution is -2.30. The molecule has 0 aliphatic carbocycles. The minimum atomic E-state index is -0.295. The summed E-state index contributed by atoms with van der Waals surface area (Å²) in [5, 5.41) is 8.36. The number of hydrogen-bond donors (Lipinski definition) is 1. The number of halogens is 1. The van der Waals surface area contributed by atoms with E-state index in [2.05, 4.69) is 26.3 Å². The summed E-state index contributed by atoms with van der Waals surface area (Å²) in [6, 6.07) is 14.5. The summed E-state index contributed by atoms with van der Waals surface area (Å²) < 4.78 is 2.13. The topological polar surface area (TPSA) is 64.0 Å². The highest BCUT2D eigenvalue weighted by molar-refractivity contribution is 9.10. The number of hydrogen-bond acceptors (Lipinski definition) is 3. The minimum Gasteiger partial charge on any atom is -0.324 e. The monoisotopic (exact) mass is 371 g/mol. The van der Waals surface area contributed by atoms with Crippen molar-refractivity contribution < 1.29 is 4.79 Å². The summed E-state index contributed by atoms with van der Waals surface area (Å²) in [5.74, 6) is -0.295. The first-order valence-corrected chi connectivity index (χ1v) is 7.86. The average Bonchev–Trinajstić information content (AvgIpc) is 2.54. The Kier molecular flexibility index (Phi) is 4.25. The molecule has 1 aromatic heterocycles. The molecule has 0 atom stereocenters. The number of carbonyl (C=O) groups excluding carboxylic acids is 1. The lowest BCUT2D eigenvalue weighted by Gasteiger charge is -2.09. The van der Waals surface area contributed by atoms with Crippen LogP contribution < -0.4 is 10.9 Å². The van der Waals surface area contributed by atoms with Gasteiger partial charge in [-0.3, -0.25) is 9.59 Å². The number of fused-ring (bicyclic) bond motifs is 1. The molecular weight excluding hydrogens is 358 g/mol. The van der Waals surface area contributed by atoms with Crippen LogP contribution in [0.2, 0.25) is 0 Å². The molecule has 3 rings (SSSR count). The van der Waals surface area contributed by atoms with Gasteiger partial charge >= 0.3 is 0 Å². The maximum absolute atomic E-state index is 12.4. The highest BCUT2D eigenvalue weighted by atomic mass is 79.9. The molecule has 0 aliphatic heterocycles. The quantitative estimate of drug-likeness (QED) is 0.769. The minimum absolute atomic E-state index is 0.124. The molecule has 0 bridgehead atoms. The Bertz CT molecular complexity index is 933. The van der Waals surface area contributed by atoms with E-state index in [4.69, 9.17) is 0 Å². The molecule has 0 saturated carbocycles. The van der Waals surface area contributed by atoms with Crippen LogP contribution in [-0.4, -0.2) is 15.7 Å². The third kappa shape index (κ3) is 3.32. The normalized spacial score (nSPS) is 10.7. The summed E-state index contributed by atoms with van der Waals surface area (Å²) in [6.45, 7) is 1.70. The van der Waals surface area contributed by atoms with Gasteiger partial charge in [-0.2, -0.15) is 5.10 Å². The molecule has 0 fully saturated rings. The molecule has 6 heteroatoms. The van der Waals surface area contributed by atoms with Gasteiger partial charge < -0.3 is 5.32 Å². The summed E-state index contributed by atoms with van der Waals surface area (Å²) in [5.41, 5.74) is 1.12. The van der Waals surface area contributed by atoms with Crippen molar-refractivity contribution in [1.29, 1.82) is 0 Å². The van der Waals surface area contributed by atoms with Crippen molar-refractivity contribution in [2.24, 2.45) is 0 Å². The van der Waals surface area contributed by atoms with Crippen LogP contribution in [-0.2, 0) is 11.3 Å². The second-order valence-electron chi connectivity index (χ2n) is 5.15. The van der Waals surface area contributed by atoms with Gasteiger partial charge in [-0.05, 0) is 37.3 Å². The predicted molar refractivity (Wildman–Crippen MR) is 93.5 cm³/mol. The number of nitrogens with one attached hydrogen (secondary N) is 1. The third-order valence-corrected chi connectivity index (χ3v) is 4.00. The summed E-state index contributed by atoms with van der Waals surface area (Å²) in [6.07, 6.45) is 0. The Morgan fingerprint density at radius 2 is 1.78 bits per heavy atom. The van der Waals surface area contributed by atoms with Crippen LogP contribution in [0.25, 0.3) is 10.8 Å². The SMILES string of the molecule is Cc1nn(CC(=O)Nc2ccc(Br)cc2)c(=O)c2ccccc12. The number of rotatable bonds is 3. The molecule has 5 nitrogen and oxygen atoms in total. The molecule has 116 valence electrons. The Labute approximate surface area is 141 Å². The predicted octanol–water partition coefficient (Wildman–Crippen LogP) is 3.11. The Hall–Kier alpha value is -2.47. The fourth-order valence-corrected chi connectivity index (χ4v) is 2.65. The van der Waals surface area contributed by atoms with Crippen LogP contribution in [0.1, 0.15) is 5.69 Å². The fraction of sp³-hybridized carbons (Fsp3) is 0.118. The van der Waals surface area contributed by atoms with Crippen molar-refractivity contribution in [1.82, 2.24) is 9.78 Å². The van der Waals surface area contributed by atoms with E-state index < -0.39 is 0 Å². The van der Waals surface area contributed by atoms with Gasteiger partial charge in [0.25, 0.3) is 5.56 Å². The molecule has 0 spiro atoms. The van der Waals surface area contributed by atoms with Gasteiger partial charge in [0.1, 0.15) is 6.54 Å². The molecule has 23 heavy (non-hydrogen) atoms. The smallest absolute Gasteiger partial charge is 0.275 e. The number of aryl methyl sites for hydroxylation is 1.